The van der Waals surface area contributed by atoms with Crippen molar-refractivity contribution in [1.29, 1.82) is 0 Å². The van der Waals surface area contributed by atoms with E-state index in [2.05, 4.69) is 4.74 Å². The predicted molar refractivity (Wildman–Crippen MR) is 78.0 cm³/mol. The molecule has 0 fully saturated rings. The van der Waals surface area contributed by atoms with Crippen molar-refractivity contribution in [2.24, 2.45) is 0 Å². The van der Waals surface area contributed by atoms with Crippen molar-refractivity contribution >= 4 is 29.1 Å². The van der Waals surface area contributed by atoms with Gasteiger partial charge in [0.05, 0.1) is 23.8 Å². The van der Waals surface area contributed by atoms with E-state index in [-0.39, 0.29) is 28.0 Å². The third-order valence-corrected chi connectivity index (χ3v) is 3.37. The number of ether oxygens (including phenoxy) is 2. The number of amides is 1. The fraction of sp³-hybridized carbons (Fsp3) is 0.462. The van der Waals surface area contributed by atoms with Crippen molar-refractivity contribution < 1.29 is 27.9 Å². The Hall–Kier alpha value is -1.31. The van der Waals surface area contributed by atoms with Gasteiger partial charge in [-0.05, 0) is 6.42 Å². The lowest BCUT2D eigenvalue weighted by molar-refractivity contribution is -0.0772. The van der Waals surface area contributed by atoms with Gasteiger partial charge in [-0.3, -0.25) is 9.63 Å². The fourth-order valence-corrected chi connectivity index (χ4v) is 1.96. The van der Waals surface area contributed by atoms with E-state index in [1.807, 2.05) is 6.92 Å². The third kappa shape index (κ3) is 4.34. The maximum absolute atomic E-state index is 12.7. The fourth-order valence-electron chi connectivity index (χ4n) is 1.54. The van der Waals surface area contributed by atoms with Gasteiger partial charge >= 0.3 is 6.61 Å². The van der Waals surface area contributed by atoms with E-state index in [1.54, 1.807) is 0 Å². The van der Waals surface area contributed by atoms with Crippen molar-refractivity contribution in [2.75, 3.05) is 20.8 Å². The van der Waals surface area contributed by atoms with E-state index in [0.717, 1.165) is 5.06 Å². The molecule has 0 atom stereocenters. The molecule has 0 heterocycles. The third-order valence-electron chi connectivity index (χ3n) is 2.58. The summed E-state index contributed by atoms with van der Waals surface area (Å²) < 4.78 is 35.1. The maximum Gasteiger partial charge on any atom is 0.387 e. The number of carbonyl (C=O) groups is 1. The van der Waals surface area contributed by atoms with Crippen LogP contribution in [0.2, 0.25) is 10.0 Å². The quantitative estimate of drug-likeness (QED) is 0.691. The first-order chi connectivity index (χ1) is 10.3. The first-order valence-corrected chi connectivity index (χ1v) is 7.00. The van der Waals surface area contributed by atoms with Crippen LogP contribution in [0.25, 0.3) is 0 Å². The number of halogens is 4. The van der Waals surface area contributed by atoms with Crippen LogP contribution in [0.1, 0.15) is 23.7 Å². The van der Waals surface area contributed by atoms with Gasteiger partial charge in [-0.2, -0.15) is 8.78 Å². The lowest BCUT2D eigenvalue weighted by Gasteiger charge is -2.20. The molecule has 5 nitrogen and oxygen atoms in total. The van der Waals surface area contributed by atoms with Gasteiger partial charge in [0.15, 0.2) is 11.5 Å². The number of benzene rings is 1. The molecule has 0 aliphatic rings. The molecular formula is C13H15Cl2F2NO4. The first kappa shape index (κ1) is 18.7. The number of hydrogen-bond donors (Lipinski definition) is 0. The molecule has 1 aromatic rings. The molecule has 0 saturated carbocycles. The van der Waals surface area contributed by atoms with Crippen LogP contribution >= 0.6 is 23.2 Å². The SMILES string of the molecule is CCCOc1cc(Cl)c(Cl)c(C(=O)N(C)OC)c1OC(F)F. The molecule has 0 bridgehead atoms. The smallest absolute Gasteiger partial charge is 0.387 e. The summed E-state index contributed by atoms with van der Waals surface area (Å²) in [5.74, 6) is -1.37. The number of rotatable bonds is 7. The summed E-state index contributed by atoms with van der Waals surface area (Å²) >= 11 is 11.9. The van der Waals surface area contributed by atoms with Crippen molar-refractivity contribution in [2.45, 2.75) is 20.0 Å². The Kier molecular flexibility index (Phi) is 7.12. The van der Waals surface area contributed by atoms with Crippen LogP contribution in [-0.4, -0.2) is 38.3 Å². The van der Waals surface area contributed by atoms with E-state index in [0.29, 0.717) is 6.42 Å². The molecule has 1 aromatic carbocycles. The lowest BCUT2D eigenvalue weighted by Crippen LogP contribution is -2.27. The molecule has 22 heavy (non-hydrogen) atoms. The van der Waals surface area contributed by atoms with Crippen molar-refractivity contribution in [3.05, 3.63) is 21.7 Å². The summed E-state index contributed by atoms with van der Waals surface area (Å²) in [5, 5.41) is 0.553. The molecule has 9 heteroatoms. The number of carbonyl (C=O) groups excluding carboxylic acids is 1. The number of hydroxylamine groups is 2. The highest BCUT2D eigenvalue weighted by molar-refractivity contribution is 6.44. The van der Waals surface area contributed by atoms with Gasteiger partial charge in [0.2, 0.25) is 0 Å². The standard InChI is InChI=1S/C13H15Cl2F2NO4/c1-4-5-21-8-6-7(14)10(15)9(11(8)22-13(16)17)12(19)18(2)20-3/h6,13H,4-5H2,1-3H3. The van der Waals surface area contributed by atoms with E-state index < -0.39 is 18.3 Å². The summed E-state index contributed by atoms with van der Waals surface area (Å²) in [5.41, 5.74) is -0.357. The van der Waals surface area contributed by atoms with Gasteiger partial charge in [-0.1, -0.05) is 30.1 Å². The van der Waals surface area contributed by atoms with Crippen LogP contribution < -0.4 is 9.47 Å². The van der Waals surface area contributed by atoms with E-state index in [4.69, 9.17) is 32.8 Å². The number of alkyl halides is 2. The molecule has 0 unspecified atom stereocenters. The molecule has 1 rings (SSSR count). The lowest BCUT2D eigenvalue weighted by atomic mass is 10.1. The van der Waals surface area contributed by atoms with Crippen LogP contribution in [-0.2, 0) is 4.84 Å². The van der Waals surface area contributed by atoms with Crippen LogP contribution in [0.5, 0.6) is 11.5 Å². The monoisotopic (exact) mass is 357 g/mol. The average Bonchev–Trinajstić information content (AvgIpc) is 2.47. The Balaban J connectivity index is 3.47. The second-order valence-electron chi connectivity index (χ2n) is 4.09. The minimum atomic E-state index is -3.17. The second-order valence-corrected chi connectivity index (χ2v) is 4.87. The van der Waals surface area contributed by atoms with Gasteiger partial charge in [0, 0.05) is 13.1 Å². The second kappa shape index (κ2) is 8.36. The highest BCUT2D eigenvalue weighted by Crippen LogP contribution is 2.42. The van der Waals surface area contributed by atoms with Crippen molar-refractivity contribution in [1.82, 2.24) is 5.06 Å². The normalized spacial score (nSPS) is 10.7. The van der Waals surface area contributed by atoms with Gasteiger partial charge in [-0.15, -0.1) is 0 Å². The topological polar surface area (TPSA) is 48.0 Å². The molecular weight excluding hydrogens is 343 g/mol. The molecule has 1 amide bonds. The molecule has 124 valence electrons. The van der Waals surface area contributed by atoms with Crippen molar-refractivity contribution in [3.8, 4) is 11.5 Å². The summed E-state index contributed by atoms with van der Waals surface area (Å²) in [6.07, 6.45) is 0.621. The Labute approximate surface area is 136 Å². The Bertz CT molecular complexity index is 543. The number of hydrogen-bond acceptors (Lipinski definition) is 4. The Morgan fingerprint density at radius 2 is 2.05 bits per heavy atom. The van der Waals surface area contributed by atoms with E-state index in [1.165, 1.54) is 20.2 Å². The summed E-state index contributed by atoms with van der Waals surface area (Å²) in [6.45, 7) is -1.11. The van der Waals surface area contributed by atoms with E-state index >= 15 is 0 Å². The van der Waals surface area contributed by atoms with Crippen LogP contribution in [0.15, 0.2) is 6.07 Å². The minimum absolute atomic E-state index is 0.0257. The zero-order chi connectivity index (χ0) is 16.9. The zero-order valence-corrected chi connectivity index (χ0v) is 13.7. The van der Waals surface area contributed by atoms with Crippen LogP contribution in [0.4, 0.5) is 8.78 Å². The molecule has 0 aromatic heterocycles. The maximum atomic E-state index is 12.7. The van der Waals surface area contributed by atoms with Crippen LogP contribution in [0.3, 0.4) is 0 Å². The predicted octanol–water partition coefficient (Wildman–Crippen LogP) is 4.02. The largest absolute Gasteiger partial charge is 0.490 e. The van der Waals surface area contributed by atoms with Crippen molar-refractivity contribution in [3.63, 3.8) is 0 Å². The average molecular weight is 358 g/mol. The van der Waals surface area contributed by atoms with E-state index in [9.17, 15) is 13.6 Å². The summed E-state index contributed by atoms with van der Waals surface area (Å²) in [7, 11) is 2.52. The summed E-state index contributed by atoms with van der Waals surface area (Å²) in [4.78, 5) is 17.0. The van der Waals surface area contributed by atoms with Gasteiger partial charge in [0.1, 0.15) is 5.56 Å². The minimum Gasteiger partial charge on any atom is -0.490 e. The Morgan fingerprint density at radius 1 is 1.41 bits per heavy atom. The molecule has 0 saturated heterocycles. The molecule has 0 spiro atoms. The molecule has 0 N–H and O–H groups in total. The first-order valence-electron chi connectivity index (χ1n) is 6.25. The Morgan fingerprint density at radius 3 is 2.55 bits per heavy atom. The van der Waals surface area contributed by atoms with Gasteiger partial charge in [-0.25, -0.2) is 5.06 Å². The molecule has 0 aliphatic carbocycles. The van der Waals surface area contributed by atoms with Gasteiger partial charge < -0.3 is 9.47 Å². The highest BCUT2D eigenvalue weighted by Gasteiger charge is 2.28. The highest BCUT2D eigenvalue weighted by atomic mass is 35.5. The molecule has 0 radical (unpaired) electrons. The number of nitrogens with zero attached hydrogens (tertiary/aromatic N) is 1. The molecule has 0 aliphatic heterocycles. The summed E-state index contributed by atoms with van der Waals surface area (Å²) in [6, 6.07) is 1.22. The zero-order valence-electron chi connectivity index (χ0n) is 12.2. The van der Waals surface area contributed by atoms with Crippen LogP contribution in [0, 0.1) is 0 Å². The van der Waals surface area contributed by atoms with Gasteiger partial charge in [0.25, 0.3) is 5.91 Å².